The third-order valence-electron chi connectivity index (χ3n) is 3.95. The van der Waals surface area contributed by atoms with Gasteiger partial charge in [0.2, 0.25) is 0 Å². The molecule has 0 aromatic heterocycles. The Hall–Kier alpha value is -0.770. The summed E-state index contributed by atoms with van der Waals surface area (Å²) in [6.45, 7) is 10.4. The minimum atomic E-state index is -0.738. The lowest BCUT2D eigenvalue weighted by Crippen LogP contribution is -2.26. The number of rotatable bonds is 7. The number of aliphatic hydroxyl groups excluding tert-OH is 2. The molecule has 0 radical (unpaired) electrons. The third kappa shape index (κ3) is 4.35. The molecule has 1 aromatic carbocycles. The standard InChI is InChI=1S/C17H27ClO3/c1-6-14(19)15(20)9-10(3)16-12(5)13(18)8-11(4)17(16)21-7-2/h8,10,14-15,19-20H,6-7,9H2,1-5H3. The van der Waals surface area contributed by atoms with E-state index in [2.05, 4.69) is 0 Å². The van der Waals surface area contributed by atoms with Gasteiger partial charge in [0.25, 0.3) is 0 Å². The van der Waals surface area contributed by atoms with Crippen molar-refractivity contribution in [3.63, 3.8) is 0 Å². The summed E-state index contributed by atoms with van der Waals surface area (Å²) in [5.74, 6) is 0.908. The fourth-order valence-electron chi connectivity index (χ4n) is 2.71. The minimum absolute atomic E-state index is 0.0557. The highest BCUT2D eigenvalue weighted by molar-refractivity contribution is 6.31. The van der Waals surface area contributed by atoms with Crippen molar-refractivity contribution in [2.75, 3.05) is 6.61 Å². The molecule has 0 saturated heterocycles. The second-order valence-electron chi connectivity index (χ2n) is 5.66. The Kier molecular flexibility index (Phi) is 6.98. The number of ether oxygens (including phenoxy) is 1. The number of aliphatic hydroxyl groups is 2. The monoisotopic (exact) mass is 314 g/mol. The SMILES string of the molecule is CCOc1c(C)cc(Cl)c(C)c1C(C)CC(O)C(O)CC. The average molecular weight is 315 g/mol. The van der Waals surface area contributed by atoms with E-state index in [4.69, 9.17) is 16.3 Å². The topological polar surface area (TPSA) is 49.7 Å². The van der Waals surface area contributed by atoms with Crippen molar-refractivity contribution >= 4 is 11.6 Å². The lowest BCUT2D eigenvalue weighted by Gasteiger charge is -2.25. The molecule has 0 spiro atoms. The van der Waals surface area contributed by atoms with Gasteiger partial charge in [0.05, 0.1) is 18.8 Å². The van der Waals surface area contributed by atoms with E-state index < -0.39 is 12.2 Å². The van der Waals surface area contributed by atoms with E-state index in [1.165, 1.54) is 0 Å². The first-order valence-electron chi connectivity index (χ1n) is 7.61. The molecule has 2 N–H and O–H groups in total. The van der Waals surface area contributed by atoms with Gasteiger partial charge in [0, 0.05) is 10.6 Å². The van der Waals surface area contributed by atoms with Crippen LogP contribution in [0.3, 0.4) is 0 Å². The largest absolute Gasteiger partial charge is 0.493 e. The number of benzene rings is 1. The second-order valence-corrected chi connectivity index (χ2v) is 6.06. The maximum Gasteiger partial charge on any atom is 0.126 e. The molecule has 1 aromatic rings. The van der Waals surface area contributed by atoms with Crippen LogP contribution in [-0.4, -0.2) is 29.0 Å². The summed E-state index contributed by atoms with van der Waals surface area (Å²) in [6.07, 6.45) is -0.406. The van der Waals surface area contributed by atoms with Gasteiger partial charge in [0.15, 0.2) is 0 Å². The number of aryl methyl sites for hydroxylation is 1. The van der Waals surface area contributed by atoms with E-state index in [0.717, 1.165) is 22.4 Å². The van der Waals surface area contributed by atoms with Crippen LogP contribution < -0.4 is 4.74 Å². The normalized spacial score (nSPS) is 15.6. The zero-order valence-corrected chi connectivity index (χ0v) is 14.4. The maximum atomic E-state index is 10.1. The molecule has 0 fully saturated rings. The number of hydrogen-bond acceptors (Lipinski definition) is 3. The Balaban J connectivity index is 3.15. The molecule has 0 amide bonds. The smallest absolute Gasteiger partial charge is 0.126 e. The molecule has 3 nitrogen and oxygen atoms in total. The molecule has 3 atom stereocenters. The maximum absolute atomic E-state index is 10.1. The Bertz CT molecular complexity index is 474. The van der Waals surface area contributed by atoms with Gasteiger partial charge in [-0.15, -0.1) is 0 Å². The van der Waals surface area contributed by atoms with Crippen LogP contribution in [0.4, 0.5) is 0 Å². The number of halogens is 1. The minimum Gasteiger partial charge on any atom is -0.493 e. The van der Waals surface area contributed by atoms with Crippen LogP contribution in [0, 0.1) is 13.8 Å². The summed E-state index contributed by atoms with van der Waals surface area (Å²) in [5.41, 5.74) is 3.01. The van der Waals surface area contributed by atoms with Gasteiger partial charge in [-0.1, -0.05) is 25.4 Å². The predicted octanol–water partition coefficient (Wildman–Crippen LogP) is 3.98. The van der Waals surface area contributed by atoms with E-state index in [1.807, 2.05) is 40.7 Å². The summed E-state index contributed by atoms with van der Waals surface area (Å²) < 4.78 is 5.79. The zero-order chi connectivity index (χ0) is 16.2. The van der Waals surface area contributed by atoms with Gasteiger partial charge in [-0.05, 0) is 56.7 Å². The van der Waals surface area contributed by atoms with Gasteiger partial charge >= 0.3 is 0 Å². The molecular formula is C17H27ClO3. The van der Waals surface area contributed by atoms with Crippen molar-refractivity contribution in [1.82, 2.24) is 0 Å². The van der Waals surface area contributed by atoms with Gasteiger partial charge in [-0.3, -0.25) is 0 Å². The third-order valence-corrected chi connectivity index (χ3v) is 4.34. The number of hydrogen-bond donors (Lipinski definition) is 2. The van der Waals surface area contributed by atoms with Gasteiger partial charge in [-0.2, -0.15) is 0 Å². The second kappa shape index (κ2) is 8.02. The van der Waals surface area contributed by atoms with Crippen molar-refractivity contribution < 1.29 is 14.9 Å². The van der Waals surface area contributed by atoms with E-state index in [1.54, 1.807) is 0 Å². The molecule has 0 heterocycles. The highest BCUT2D eigenvalue weighted by atomic mass is 35.5. The van der Waals surface area contributed by atoms with Crippen molar-refractivity contribution in [3.05, 3.63) is 27.8 Å². The van der Waals surface area contributed by atoms with E-state index in [0.29, 0.717) is 24.5 Å². The quantitative estimate of drug-likeness (QED) is 0.800. The van der Waals surface area contributed by atoms with Crippen molar-refractivity contribution in [2.45, 2.75) is 65.6 Å². The molecule has 0 aliphatic heterocycles. The molecule has 0 bridgehead atoms. The van der Waals surface area contributed by atoms with E-state index >= 15 is 0 Å². The van der Waals surface area contributed by atoms with Crippen LogP contribution in [0.25, 0.3) is 0 Å². The highest BCUT2D eigenvalue weighted by Crippen LogP contribution is 2.39. The Morgan fingerprint density at radius 3 is 2.33 bits per heavy atom. The molecule has 4 heteroatoms. The van der Waals surface area contributed by atoms with Crippen LogP contribution in [0.2, 0.25) is 5.02 Å². The summed E-state index contributed by atoms with van der Waals surface area (Å²) in [7, 11) is 0. The lowest BCUT2D eigenvalue weighted by atomic mass is 9.88. The molecule has 0 saturated carbocycles. The fourth-order valence-corrected chi connectivity index (χ4v) is 2.98. The predicted molar refractivity (Wildman–Crippen MR) is 87.4 cm³/mol. The van der Waals surface area contributed by atoms with Crippen molar-refractivity contribution in [3.8, 4) is 5.75 Å². The van der Waals surface area contributed by atoms with E-state index in [9.17, 15) is 10.2 Å². The first-order chi connectivity index (χ1) is 9.83. The fraction of sp³-hybridized carbons (Fsp3) is 0.647. The highest BCUT2D eigenvalue weighted by Gasteiger charge is 2.24. The molecule has 21 heavy (non-hydrogen) atoms. The van der Waals surface area contributed by atoms with Gasteiger partial charge in [-0.25, -0.2) is 0 Å². The van der Waals surface area contributed by atoms with Crippen LogP contribution in [-0.2, 0) is 0 Å². The first kappa shape index (κ1) is 18.3. The van der Waals surface area contributed by atoms with Crippen molar-refractivity contribution in [2.24, 2.45) is 0 Å². The Morgan fingerprint density at radius 2 is 1.81 bits per heavy atom. The molecule has 1 rings (SSSR count). The van der Waals surface area contributed by atoms with Crippen LogP contribution in [0.1, 0.15) is 56.2 Å². The summed E-state index contributed by atoms with van der Waals surface area (Å²) in [4.78, 5) is 0. The van der Waals surface area contributed by atoms with Crippen LogP contribution in [0.5, 0.6) is 5.75 Å². The molecule has 0 aliphatic rings. The van der Waals surface area contributed by atoms with Gasteiger partial charge in [0.1, 0.15) is 5.75 Å². The Labute approximate surface area is 132 Å². The summed E-state index contributed by atoms with van der Waals surface area (Å²) in [5, 5.41) is 20.6. The van der Waals surface area contributed by atoms with Crippen LogP contribution >= 0.6 is 11.6 Å². The summed E-state index contributed by atoms with van der Waals surface area (Å²) >= 11 is 6.29. The van der Waals surface area contributed by atoms with Crippen molar-refractivity contribution in [1.29, 1.82) is 0 Å². The van der Waals surface area contributed by atoms with Gasteiger partial charge < -0.3 is 14.9 Å². The zero-order valence-electron chi connectivity index (χ0n) is 13.6. The lowest BCUT2D eigenvalue weighted by molar-refractivity contribution is 0.00939. The summed E-state index contributed by atoms with van der Waals surface area (Å²) in [6, 6.07) is 1.91. The molecular weight excluding hydrogens is 288 g/mol. The average Bonchev–Trinajstić information content (AvgIpc) is 2.43. The molecule has 3 unspecified atom stereocenters. The molecule has 120 valence electrons. The van der Waals surface area contributed by atoms with E-state index in [-0.39, 0.29) is 5.92 Å². The van der Waals surface area contributed by atoms with Crippen LogP contribution in [0.15, 0.2) is 6.07 Å². The Morgan fingerprint density at radius 1 is 1.19 bits per heavy atom. The molecule has 0 aliphatic carbocycles. The first-order valence-corrected chi connectivity index (χ1v) is 7.99.